The van der Waals surface area contributed by atoms with E-state index >= 15 is 0 Å². The van der Waals surface area contributed by atoms with E-state index in [0.29, 0.717) is 5.75 Å². The van der Waals surface area contributed by atoms with Gasteiger partial charge < -0.3 is 9.84 Å². The van der Waals surface area contributed by atoms with Crippen LogP contribution in [-0.2, 0) is 6.61 Å². The number of carboxylic acid groups (broad SMARTS) is 1. The van der Waals surface area contributed by atoms with Gasteiger partial charge in [-0.2, -0.15) is 0 Å². The summed E-state index contributed by atoms with van der Waals surface area (Å²) in [4.78, 5) is 20.6. The minimum atomic E-state index is -1.21. The number of carboxylic acids is 1. The molecule has 0 aliphatic rings. The maximum absolute atomic E-state index is 13.7. The Bertz CT molecular complexity index is 684. The van der Waals surface area contributed by atoms with Crippen molar-refractivity contribution in [3.63, 3.8) is 0 Å². The molecule has 0 atom stereocenters. The van der Waals surface area contributed by atoms with Gasteiger partial charge >= 0.3 is 5.97 Å². The number of benzene rings is 2. The van der Waals surface area contributed by atoms with Gasteiger partial charge in [0.1, 0.15) is 18.2 Å². The lowest BCUT2D eigenvalue weighted by atomic mass is 10.1. The molecule has 2 aromatic carbocycles. The number of carbonyl (C=O) groups is 1. The fourth-order valence-corrected chi connectivity index (χ4v) is 1.62. The Morgan fingerprint density at radius 3 is 2.43 bits per heavy atom. The van der Waals surface area contributed by atoms with Crippen molar-refractivity contribution in [3.05, 3.63) is 69.5 Å². The molecule has 21 heavy (non-hydrogen) atoms. The predicted molar refractivity (Wildman–Crippen MR) is 70.8 cm³/mol. The van der Waals surface area contributed by atoms with Crippen molar-refractivity contribution in [2.45, 2.75) is 6.61 Å². The number of ether oxygens (including phenoxy) is 1. The van der Waals surface area contributed by atoms with Crippen molar-refractivity contribution in [2.75, 3.05) is 0 Å². The molecule has 0 aliphatic heterocycles. The van der Waals surface area contributed by atoms with Crippen LogP contribution in [0.1, 0.15) is 15.9 Å². The lowest BCUT2D eigenvalue weighted by molar-refractivity contribution is -0.384. The summed E-state index contributed by atoms with van der Waals surface area (Å²) in [6.45, 7) is -0.108. The highest BCUT2D eigenvalue weighted by Gasteiger charge is 2.09. The molecular weight excluding hydrogens is 281 g/mol. The van der Waals surface area contributed by atoms with E-state index in [1.165, 1.54) is 36.4 Å². The van der Waals surface area contributed by atoms with Gasteiger partial charge in [-0.05, 0) is 24.3 Å². The zero-order valence-electron chi connectivity index (χ0n) is 10.7. The predicted octanol–water partition coefficient (Wildman–Crippen LogP) is 3.01. The summed E-state index contributed by atoms with van der Waals surface area (Å²) in [6, 6.07) is 8.88. The van der Waals surface area contributed by atoms with E-state index < -0.39 is 16.7 Å². The fourth-order valence-electron chi connectivity index (χ4n) is 1.62. The SMILES string of the molecule is O=C(O)c1ccc(COc2ccc([N+](=O)[O-])cc2)c(F)c1. The van der Waals surface area contributed by atoms with E-state index in [4.69, 9.17) is 9.84 Å². The van der Waals surface area contributed by atoms with E-state index in [9.17, 15) is 19.3 Å². The zero-order valence-corrected chi connectivity index (χ0v) is 10.7. The molecule has 6 nitrogen and oxygen atoms in total. The van der Waals surface area contributed by atoms with Crippen LogP contribution in [0.25, 0.3) is 0 Å². The van der Waals surface area contributed by atoms with Gasteiger partial charge in [0.15, 0.2) is 0 Å². The highest BCUT2D eigenvalue weighted by atomic mass is 19.1. The van der Waals surface area contributed by atoms with Crippen molar-refractivity contribution in [3.8, 4) is 5.75 Å². The fraction of sp³-hybridized carbons (Fsp3) is 0.0714. The monoisotopic (exact) mass is 291 g/mol. The van der Waals surface area contributed by atoms with Crippen LogP contribution >= 0.6 is 0 Å². The number of hydrogen-bond acceptors (Lipinski definition) is 4. The Labute approximate surface area is 118 Å². The summed E-state index contributed by atoms with van der Waals surface area (Å²) in [6.07, 6.45) is 0. The highest BCUT2D eigenvalue weighted by molar-refractivity contribution is 5.87. The largest absolute Gasteiger partial charge is 0.489 e. The second-order valence-electron chi connectivity index (χ2n) is 4.15. The Morgan fingerprint density at radius 1 is 1.24 bits per heavy atom. The molecule has 0 amide bonds. The minimum absolute atomic E-state index is 0.0701. The molecule has 2 aromatic rings. The van der Waals surface area contributed by atoms with Gasteiger partial charge in [0.25, 0.3) is 5.69 Å². The first-order valence-electron chi connectivity index (χ1n) is 5.86. The Balaban J connectivity index is 2.06. The third kappa shape index (κ3) is 3.53. The number of halogens is 1. The molecule has 0 saturated heterocycles. The van der Waals surface area contributed by atoms with Crippen LogP contribution in [0.15, 0.2) is 42.5 Å². The number of nitrogens with zero attached hydrogens (tertiary/aromatic N) is 1. The van der Waals surface area contributed by atoms with Crippen LogP contribution in [0.2, 0.25) is 0 Å². The standard InChI is InChI=1S/C14H10FNO5/c15-13-7-9(14(17)18)1-2-10(13)8-21-12-5-3-11(4-6-12)16(19)20/h1-7H,8H2,(H,17,18). The van der Waals surface area contributed by atoms with Gasteiger partial charge in [-0.25, -0.2) is 9.18 Å². The average molecular weight is 291 g/mol. The first kappa shape index (κ1) is 14.4. The molecule has 0 aromatic heterocycles. The number of rotatable bonds is 5. The van der Waals surface area contributed by atoms with Crippen molar-refractivity contribution in [1.82, 2.24) is 0 Å². The van der Waals surface area contributed by atoms with Gasteiger partial charge in [-0.1, -0.05) is 6.07 Å². The Kier molecular flexibility index (Phi) is 4.13. The molecule has 7 heteroatoms. The maximum Gasteiger partial charge on any atom is 0.335 e. The number of aromatic carboxylic acids is 1. The number of nitro benzene ring substituents is 1. The summed E-state index contributed by atoms with van der Waals surface area (Å²) in [5.41, 5.74) is -0.0238. The van der Waals surface area contributed by atoms with Crippen LogP contribution in [0.3, 0.4) is 0 Å². The molecule has 1 N–H and O–H groups in total. The third-order valence-electron chi connectivity index (χ3n) is 2.74. The van der Waals surface area contributed by atoms with E-state index in [1.54, 1.807) is 0 Å². The minimum Gasteiger partial charge on any atom is -0.489 e. The first-order valence-corrected chi connectivity index (χ1v) is 5.86. The van der Waals surface area contributed by atoms with Crippen molar-refractivity contribution in [1.29, 1.82) is 0 Å². The summed E-state index contributed by atoms with van der Waals surface area (Å²) < 4.78 is 18.9. The molecule has 2 rings (SSSR count). The van der Waals surface area contributed by atoms with Gasteiger partial charge in [-0.3, -0.25) is 10.1 Å². The van der Waals surface area contributed by atoms with Crippen molar-refractivity contribution >= 4 is 11.7 Å². The van der Waals surface area contributed by atoms with Gasteiger partial charge in [0.05, 0.1) is 10.5 Å². The van der Waals surface area contributed by atoms with E-state index in [-0.39, 0.29) is 23.4 Å². The third-order valence-corrected chi connectivity index (χ3v) is 2.74. The van der Waals surface area contributed by atoms with Crippen LogP contribution in [0, 0.1) is 15.9 Å². The number of nitro groups is 1. The van der Waals surface area contributed by atoms with E-state index in [2.05, 4.69) is 0 Å². The topological polar surface area (TPSA) is 89.7 Å². The number of non-ortho nitro benzene ring substituents is 1. The van der Waals surface area contributed by atoms with Crippen LogP contribution in [0.4, 0.5) is 10.1 Å². The van der Waals surface area contributed by atoms with Gasteiger partial charge in [0, 0.05) is 17.7 Å². The number of hydrogen-bond donors (Lipinski definition) is 1. The molecule has 0 fully saturated rings. The Morgan fingerprint density at radius 2 is 1.90 bits per heavy atom. The maximum atomic E-state index is 13.7. The lowest BCUT2D eigenvalue weighted by Crippen LogP contribution is -2.02. The summed E-state index contributed by atoms with van der Waals surface area (Å²) in [5.74, 6) is -1.55. The lowest BCUT2D eigenvalue weighted by Gasteiger charge is -2.07. The average Bonchev–Trinajstić information content (AvgIpc) is 2.46. The second kappa shape index (κ2) is 6.00. The summed E-state index contributed by atoms with van der Waals surface area (Å²) in [7, 11) is 0. The smallest absolute Gasteiger partial charge is 0.335 e. The molecule has 0 bridgehead atoms. The second-order valence-corrected chi connectivity index (χ2v) is 4.15. The molecular formula is C14H10FNO5. The highest BCUT2D eigenvalue weighted by Crippen LogP contribution is 2.19. The van der Waals surface area contributed by atoms with Gasteiger partial charge in [0.2, 0.25) is 0 Å². The molecule has 0 heterocycles. The summed E-state index contributed by atoms with van der Waals surface area (Å²) in [5, 5.41) is 19.2. The van der Waals surface area contributed by atoms with Crippen LogP contribution < -0.4 is 4.74 Å². The molecule has 0 unspecified atom stereocenters. The quantitative estimate of drug-likeness (QED) is 0.675. The molecule has 0 spiro atoms. The molecule has 108 valence electrons. The molecule has 0 saturated carbocycles. The summed E-state index contributed by atoms with van der Waals surface area (Å²) >= 11 is 0. The van der Waals surface area contributed by atoms with Crippen LogP contribution in [-0.4, -0.2) is 16.0 Å². The first-order chi connectivity index (χ1) is 9.97. The van der Waals surface area contributed by atoms with E-state index in [0.717, 1.165) is 6.07 Å². The van der Waals surface area contributed by atoms with Crippen LogP contribution in [0.5, 0.6) is 5.75 Å². The van der Waals surface area contributed by atoms with Gasteiger partial charge in [-0.15, -0.1) is 0 Å². The molecule has 0 aliphatic carbocycles. The molecule has 0 radical (unpaired) electrons. The Hall–Kier alpha value is -2.96. The zero-order chi connectivity index (χ0) is 15.4. The van der Waals surface area contributed by atoms with Crippen molar-refractivity contribution in [2.24, 2.45) is 0 Å². The van der Waals surface area contributed by atoms with Crippen molar-refractivity contribution < 1.29 is 24.0 Å². The normalized spacial score (nSPS) is 10.1. The van der Waals surface area contributed by atoms with E-state index in [1.807, 2.05) is 0 Å².